The summed E-state index contributed by atoms with van der Waals surface area (Å²) in [6, 6.07) is 0. The van der Waals surface area contributed by atoms with Crippen LogP contribution >= 0.6 is 35.7 Å². The third kappa shape index (κ3) is 3.02. The second kappa shape index (κ2) is 6.25. The first-order valence-corrected chi connectivity index (χ1v) is 8.20. The van der Waals surface area contributed by atoms with Gasteiger partial charge in [0.1, 0.15) is 4.32 Å². The van der Waals surface area contributed by atoms with Crippen LogP contribution in [0.1, 0.15) is 13.8 Å². The van der Waals surface area contributed by atoms with Crippen LogP contribution in [0.3, 0.4) is 0 Å². The first-order chi connectivity index (χ1) is 9.86. The monoisotopic (exact) mass is 341 g/mol. The van der Waals surface area contributed by atoms with Crippen LogP contribution < -0.4 is 5.11 Å². The van der Waals surface area contributed by atoms with Crippen molar-refractivity contribution in [3.05, 3.63) is 32.7 Å². The topological polar surface area (TPSA) is 63.7 Å². The van der Waals surface area contributed by atoms with Gasteiger partial charge in [-0.15, -0.1) is 0 Å². The van der Waals surface area contributed by atoms with Crippen LogP contribution in [0.15, 0.2) is 32.7 Å². The zero-order valence-electron chi connectivity index (χ0n) is 11.7. The molecule has 8 heteroatoms. The molecule has 0 saturated carbocycles. The molecule has 2 heterocycles. The molecular weight excluding hydrogens is 328 g/mol. The van der Waals surface area contributed by atoms with E-state index in [2.05, 4.69) is 0 Å². The van der Waals surface area contributed by atoms with E-state index in [-0.39, 0.29) is 10.8 Å². The molecule has 1 fully saturated rings. The number of thioether (sulfide) groups is 2. The summed E-state index contributed by atoms with van der Waals surface area (Å²) >= 11 is 7.51. The molecule has 112 valence electrons. The Balaban J connectivity index is 2.20. The molecule has 1 saturated heterocycles. The summed E-state index contributed by atoms with van der Waals surface area (Å²) in [6.07, 6.45) is 3.41. The Labute approximate surface area is 136 Å². The highest BCUT2D eigenvalue weighted by Crippen LogP contribution is 2.40. The third-order valence-corrected chi connectivity index (χ3v) is 5.80. The minimum atomic E-state index is -1.19. The Morgan fingerprint density at radius 3 is 2.52 bits per heavy atom. The van der Waals surface area contributed by atoms with Gasteiger partial charge in [-0.25, -0.2) is 0 Å². The molecule has 0 bridgehead atoms. The van der Waals surface area contributed by atoms with Gasteiger partial charge < -0.3 is 14.8 Å². The van der Waals surface area contributed by atoms with Crippen molar-refractivity contribution >= 4 is 51.9 Å². The van der Waals surface area contributed by atoms with Crippen molar-refractivity contribution < 1.29 is 14.7 Å². The Bertz CT molecular complexity index is 622. The van der Waals surface area contributed by atoms with Gasteiger partial charge in [-0.1, -0.05) is 35.7 Å². The van der Waals surface area contributed by atoms with E-state index in [1.807, 2.05) is 6.92 Å². The zero-order valence-corrected chi connectivity index (χ0v) is 14.2. The summed E-state index contributed by atoms with van der Waals surface area (Å²) in [5, 5.41) is 11.7. The van der Waals surface area contributed by atoms with Crippen LogP contribution in [-0.4, -0.2) is 39.6 Å². The highest BCUT2D eigenvalue weighted by Gasteiger charge is 2.30. The lowest BCUT2D eigenvalue weighted by Crippen LogP contribution is -2.27. The Hall–Kier alpha value is -1.25. The van der Waals surface area contributed by atoms with Crippen LogP contribution in [0.4, 0.5) is 0 Å². The first kappa shape index (κ1) is 16.1. The lowest BCUT2D eigenvalue weighted by molar-refractivity contribution is -0.298. The van der Waals surface area contributed by atoms with E-state index in [1.54, 1.807) is 31.0 Å². The number of likely N-dealkylation sites (N-methyl/N-ethyl adjacent to an activating group) is 1. The van der Waals surface area contributed by atoms with Gasteiger partial charge in [0.2, 0.25) is 0 Å². The molecule has 2 rings (SSSR count). The van der Waals surface area contributed by atoms with Gasteiger partial charge in [0.05, 0.1) is 20.8 Å². The largest absolute Gasteiger partial charge is 0.544 e. The number of aliphatic carboxylic acids is 1. The van der Waals surface area contributed by atoms with Crippen molar-refractivity contribution in [2.24, 2.45) is 0 Å². The van der Waals surface area contributed by atoms with Crippen molar-refractivity contribution in [3.8, 4) is 0 Å². The Morgan fingerprint density at radius 1 is 1.38 bits per heavy atom. The molecular formula is C13H13N2O3S3-. The van der Waals surface area contributed by atoms with Crippen molar-refractivity contribution in [1.29, 1.82) is 0 Å². The summed E-state index contributed by atoms with van der Waals surface area (Å²) in [5.41, 5.74) is 0.626. The van der Waals surface area contributed by atoms with Crippen LogP contribution in [0.5, 0.6) is 0 Å². The maximum atomic E-state index is 12.1. The van der Waals surface area contributed by atoms with Crippen molar-refractivity contribution in [3.63, 3.8) is 0 Å². The molecule has 0 aromatic carbocycles. The van der Waals surface area contributed by atoms with E-state index in [1.165, 1.54) is 16.7 Å². The minimum absolute atomic E-state index is 0.111. The van der Waals surface area contributed by atoms with Gasteiger partial charge in [0.25, 0.3) is 5.91 Å². The molecule has 0 spiro atoms. The highest BCUT2D eigenvalue weighted by molar-refractivity contribution is 8.26. The van der Waals surface area contributed by atoms with Crippen LogP contribution in [0, 0.1) is 0 Å². The molecule has 21 heavy (non-hydrogen) atoms. The zero-order chi connectivity index (χ0) is 15.7. The molecule has 2 aliphatic heterocycles. The number of thiocarbonyl (C=S) groups is 1. The predicted molar refractivity (Wildman–Crippen MR) is 86.8 cm³/mol. The number of hydrogen-bond donors (Lipinski definition) is 0. The average molecular weight is 341 g/mol. The van der Waals surface area contributed by atoms with Gasteiger partial charge in [0.15, 0.2) is 0 Å². The quantitative estimate of drug-likeness (QED) is 0.565. The number of rotatable bonds is 3. The van der Waals surface area contributed by atoms with E-state index in [4.69, 9.17) is 12.2 Å². The molecule has 0 atom stereocenters. The van der Waals surface area contributed by atoms with E-state index in [0.717, 1.165) is 16.8 Å². The lowest BCUT2D eigenvalue weighted by Gasteiger charge is -2.13. The Morgan fingerprint density at radius 2 is 2.05 bits per heavy atom. The molecule has 0 aliphatic carbocycles. The van der Waals surface area contributed by atoms with Gasteiger partial charge >= 0.3 is 0 Å². The molecule has 0 radical (unpaired) electrons. The summed E-state index contributed by atoms with van der Waals surface area (Å²) < 4.78 is 0.546. The van der Waals surface area contributed by atoms with Gasteiger partial charge in [-0.2, -0.15) is 0 Å². The fourth-order valence-corrected chi connectivity index (χ4v) is 4.15. The normalized spacial score (nSPS) is 23.2. The van der Waals surface area contributed by atoms with Crippen molar-refractivity contribution in [2.45, 2.75) is 13.8 Å². The maximum Gasteiger partial charge on any atom is 0.266 e. The maximum absolute atomic E-state index is 12.1. The number of carbonyl (C=O) groups excluding carboxylic acids is 2. The van der Waals surface area contributed by atoms with E-state index in [0.29, 0.717) is 21.5 Å². The number of amides is 1. The van der Waals surface area contributed by atoms with E-state index in [9.17, 15) is 14.7 Å². The summed E-state index contributed by atoms with van der Waals surface area (Å²) in [5.74, 6) is -1.30. The third-order valence-electron chi connectivity index (χ3n) is 3.12. The molecule has 1 amide bonds. The van der Waals surface area contributed by atoms with E-state index >= 15 is 0 Å². The Kier molecular flexibility index (Phi) is 4.80. The van der Waals surface area contributed by atoms with Crippen LogP contribution in [0.2, 0.25) is 0 Å². The SMILES string of the molecule is CCN1C(=O)/C(=C\C=C2/SC(C(=O)[O-])=C(C)N2C)SC1=S. The predicted octanol–water partition coefficient (Wildman–Crippen LogP) is 1.25. The van der Waals surface area contributed by atoms with E-state index < -0.39 is 5.97 Å². The molecule has 0 N–H and O–H groups in total. The van der Waals surface area contributed by atoms with Gasteiger partial charge in [-0.3, -0.25) is 9.69 Å². The summed E-state index contributed by atoms with van der Waals surface area (Å²) in [6.45, 7) is 4.13. The number of nitrogens with zero attached hydrogens (tertiary/aromatic N) is 2. The number of allylic oxidation sites excluding steroid dienone is 3. The lowest BCUT2D eigenvalue weighted by atomic mass is 10.4. The van der Waals surface area contributed by atoms with Crippen LogP contribution in [0.25, 0.3) is 0 Å². The number of hydrogen-bond acceptors (Lipinski definition) is 7. The molecule has 0 unspecified atom stereocenters. The number of carbonyl (C=O) groups is 2. The first-order valence-electron chi connectivity index (χ1n) is 6.16. The molecule has 0 aromatic rings. The fraction of sp³-hybridized carbons (Fsp3) is 0.308. The second-order valence-corrected chi connectivity index (χ2v) is 7.02. The van der Waals surface area contributed by atoms with Crippen molar-refractivity contribution in [2.75, 3.05) is 13.6 Å². The molecule has 5 nitrogen and oxygen atoms in total. The summed E-state index contributed by atoms with van der Waals surface area (Å²) in [7, 11) is 1.77. The fourth-order valence-electron chi connectivity index (χ4n) is 1.83. The standard InChI is InChI=1S/C13H14N2O3S3/c1-4-15-11(16)8(20-13(15)19)5-6-9-14(3)7(2)10(21-9)12(17)18/h5-6H,4H2,1-3H3,(H,17,18)/p-1/b8-5+,9-6-. The minimum Gasteiger partial charge on any atom is -0.544 e. The average Bonchev–Trinajstić information content (AvgIpc) is 2.86. The summed E-state index contributed by atoms with van der Waals surface area (Å²) in [4.78, 5) is 27.1. The van der Waals surface area contributed by atoms with Gasteiger partial charge in [0, 0.05) is 19.3 Å². The number of carboxylic acid groups (broad SMARTS) is 1. The van der Waals surface area contributed by atoms with Crippen LogP contribution in [-0.2, 0) is 9.59 Å². The van der Waals surface area contributed by atoms with Gasteiger partial charge in [-0.05, 0) is 26.0 Å². The smallest absolute Gasteiger partial charge is 0.266 e. The van der Waals surface area contributed by atoms with Crippen molar-refractivity contribution in [1.82, 2.24) is 9.80 Å². The second-order valence-electron chi connectivity index (χ2n) is 4.32. The number of carboxylic acids is 1. The highest BCUT2D eigenvalue weighted by atomic mass is 32.2. The molecule has 0 aromatic heterocycles. The molecule has 2 aliphatic rings.